The van der Waals surface area contributed by atoms with Crippen LogP contribution in [0.3, 0.4) is 0 Å². The molecule has 3 rings (SSSR count). The van der Waals surface area contributed by atoms with Crippen LogP contribution in [-0.2, 0) is 12.8 Å². The zero-order chi connectivity index (χ0) is 17.1. The molecule has 4 heteroatoms. The molecule has 0 aliphatic carbocycles. The molecule has 0 spiro atoms. The molecule has 0 amide bonds. The van der Waals surface area contributed by atoms with Gasteiger partial charge in [0.2, 0.25) is 0 Å². The smallest absolute Gasteiger partial charge is 0.181 e. The molecule has 0 saturated heterocycles. The minimum Gasteiger partial charge on any atom is -0.396 e. The molecule has 3 aromatic rings. The van der Waals surface area contributed by atoms with Gasteiger partial charge in [0.15, 0.2) is 11.6 Å². The first-order chi connectivity index (χ1) is 11.5. The topological polar surface area (TPSA) is 26.0 Å². The summed E-state index contributed by atoms with van der Waals surface area (Å²) in [6.45, 7) is 0. The number of nitrogen functional groups attached to an aromatic ring is 1. The van der Waals surface area contributed by atoms with Gasteiger partial charge in [-0.25, -0.2) is 8.78 Å². The summed E-state index contributed by atoms with van der Waals surface area (Å²) in [5, 5.41) is 0. The van der Waals surface area contributed by atoms with Crippen molar-refractivity contribution < 1.29 is 8.78 Å². The Morgan fingerprint density at radius 2 is 1.29 bits per heavy atom. The second kappa shape index (κ2) is 7.30. The fraction of sp³-hybridized carbons (Fsp3) is 0.100. The third-order valence-corrected chi connectivity index (χ3v) is 4.73. The summed E-state index contributed by atoms with van der Waals surface area (Å²) in [7, 11) is 0. The average Bonchev–Trinajstić information content (AvgIpc) is 2.60. The summed E-state index contributed by atoms with van der Waals surface area (Å²) < 4.78 is 28.5. The predicted octanol–water partition coefficient (Wildman–Crippen LogP) is 5.60. The Hall–Kier alpha value is -1.95. The third kappa shape index (κ3) is 3.75. The first-order valence-corrected chi connectivity index (χ1v) is 8.69. The van der Waals surface area contributed by atoms with Gasteiger partial charge in [-0.05, 0) is 75.9 Å². The molecule has 0 atom stereocenters. The van der Waals surface area contributed by atoms with E-state index in [0.717, 1.165) is 16.7 Å². The van der Waals surface area contributed by atoms with Crippen LogP contribution in [-0.4, -0.2) is 0 Å². The fourth-order valence-corrected chi connectivity index (χ4v) is 2.94. The lowest BCUT2D eigenvalue weighted by molar-refractivity contribution is 0.502. The zero-order valence-electron chi connectivity index (χ0n) is 12.9. The van der Waals surface area contributed by atoms with Gasteiger partial charge >= 0.3 is 0 Å². The van der Waals surface area contributed by atoms with Gasteiger partial charge in [-0.1, -0.05) is 42.5 Å². The lowest BCUT2D eigenvalue weighted by Gasteiger charge is -2.07. The Morgan fingerprint density at radius 3 is 1.92 bits per heavy atom. The minimum absolute atomic E-state index is 0.155. The summed E-state index contributed by atoms with van der Waals surface area (Å²) in [6, 6.07) is 19.4. The molecule has 24 heavy (non-hydrogen) atoms. The van der Waals surface area contributed by atoms with Crippen molar-refractivity contribution in [3.63, 3.8) is 0 Å². The van der Waals surface area contributed by atoms with Gasteiger partial charge in [-0.15, -0.1) is 0 Å². The van der Waals surface area contributed by atoms with E-state index in [-0.39, 0.29) is 5.69 Å². The molecule has 0 aliphatic rings. The molecular weight excluding hydrogens is 419 g/mol. The summed E-state index contributed by atoms with van der Waals surface area (Å²) in [6.07, 6.45) is 1.08. The highest BCUT2D eigenvalue weighted by molar-refractivity contribution is 14.1. The highest BCUT2D eigenvalue weighted by Crippen LogP contribution is 2.23. The number of rotatable bonds is 4. The lowest BCUT2D eigenvalue weighted by atomic mass is 10.00. The maximum absolute atomic E-state index is 13.8. The van der Waals surface area contributed by atoms with Gasteiger partial charge in [0.05, 0.1) is 5.69 Å². The van der Waals surface area contributed by atoms with Crippen LogP contribution in [0.4, 0.5) is 14.5 Å². The Morgan fingerprint density at radius 1 is 0.708 bits per heavy atom. The van der Waals surface area contributed by atoms with Gasteiger partial charge in [0.25, 0.3) is 0 Å². The van der Waals surface area contributed by atoms with E-state index in [9.17, 15) is 8.78 Å². The molecule has 0 fully saturated rings. The standard InChI is InChI=1S/C20H16F2IN/c21-19-16(9-12-18(24)20(19)22)6-3-13-1-4-14(5-2-13)15-7-10-17(23)11-8-15/h1-2,4-5,7-12H,3,6,24H2. The number of benzene rings is 3. The van der Waals surface area contributed by atoms with E-state index in [0.29, 0.717) is 18.4 Å². The largest absolute Gasteiger partial charge is 0.396 e. The van der Waals surface area contributed by atoms with Crippen molar-refractivity contribution in [2.75, 3.05) is 5.73 Å². The Balaban J connectivity index is 1.71. The summed E-state index contributed by atoms with van der Waals surface area (Å²) >= 11 is 2.28. The van der Waals surface area contributed by atoms with Gasteiger partial charge in [0, 0.05) is 3.57 Å². The number of nitrogens with two attached hydrogens (primary N) is 1. The molecule has 0 radical (unpaired) electrons. The zero-order valence-corrected chi connectivity index (χ0v) is 15.1. The van der Waals surface area contributed by atoms with Crippen LogP contribution in [0.5, 0.6) is 0 Å². The maximum Gasteiger partial charge on any atom is 0.181 e. The quantitative estimate of drug-likeness (QED) is 0.419. The molecular formula is C20H16F2IN. The van der Waals surface area contributed by atoms with Crippen LogP contribution >= 0.6 is 22.6 Å². The molecule has 0 heterocycles. The highest BCUT2D eigenvalue weighted by Gasteiger charge is 2.11. The van der Waals surface area contributed by atoms with Gasteiger partial charge in [0.1, 0.15) is 0 Å². The number of hydrogen-bond acceptors (Lipinski definition) is 1. The van der Waals surface area contributed by atoms with E-state index in [2.05, 4.69) is 59.0 Å². The first-order valence-electron chi connectivity index (χ1n) is 7.62. The van der Waals surface area contributed by atoms with E-state index in [1.807, 2.05) is 12.1 Å². The van der Waals surface area contributed by atoms with Crippen molar-refractivity contribution in [1.82, 2.24) is 0 Å². The van der Waals surface area contributed by atoms with Gasteiger partial charge < -0.3 is 5.73 Å². The molecule has 3 aromatic carbocycles. The van der Waals surface area contributed by atoms with Crippen LogP contribution in [0, 0.1) is 15.2 Å². The Kier molecular flexibility index (Phi) is 5.14. The third-order valence-electron chi connectivity index (χ3n) is 4.01. The lowest BCUT2D eigenvalue weighted by Crippen LogP contribution is -2.01. The number of hydrogen-bond donors (Lipinski definition) is 1. The summed E-state index contributed by atoms with van der Waals surface area (Å²) in [5.74, 6) is -1.80. The number of anilines is 1. The second-order valence-electron chi connectivity index (χ2n) is 5.65. The van der Waals surface area contributed by atoms with Crippen LogP contribution in [0.2, 0.25) is 0 Å². The van der Waals surface area contributed by atoms with Crippen LogP contribution in [0.1, 0.15) is 11.1 Å². The van der Waals surface area contributed by atoms with Crippen molar-refractivity contribution >= 4 is 28.3 Å². The summed E-state index contributed by atoms with van der Waals surface area (Å²) in [5.41, 5.74) is 8.94. The molecule has 2 N–H and O–H groups in total. The van der Waals surface area contributed by atoms with Crippen molar-refractivity contribution in [1.29, 1.82) is 0 Å². The number of aryl methyl sites for hydroxylation is 2. The minimum atomic E-state index is -0.957. The Bertz CT molecular complexity index is 843. The molecule has 0 aliphatic heterocycles. The van der Waals surface area contributed by atoms with Crippen LogP contribution in [0.25, 0.3) is 11.1 Å². The van der Waals surface area contributed by atoms with E-state index in [1.54, 1.807) is 6.07 Å². The van der Waals surface area contributed by atoms with Crippen molar-refractivity contribution in [3.05, 3.63) is 87.0 Å². The van der Waals surface area contributed by atoms with Crippen molar-refractivity contribution in [2.24, 2.45) is 0 Å². The molecule has 0 saturated carbocycles. The highest BCUT2D eigenvalue weighted by atomic mass is 127. The molecule has 0 bridgehead atoms. The second-order valence-corrected chi connectivity index (χ2v) is 6.89. The van der Waals surface area contributed by atoms with Gasteiger partial charge in [-0.3, -0.25) is 0 Å². The van der Waals surface area contributed by atoms with Crippen molar-refractivity contribution in [2.45, 2.75) is 12.8 Å². The average molecular weight is 435 g/mol. The summed E-state index contributed by atoms with van der Waals surface area (Å²) in [4.78, 5) is 0. The SMILES string of the molecule is Nc1ccc(CCc2ccc(-c3ccc(I)cc3)cc2)c(F)c1F. The predicted molar refractivity (Wildman–Crippen MR) is 103 cm³/mol. The van der Waals surface area contributed by atoms with E-state index < -0.39 is 11.6 Å². The fourth-order valence-electron chi connectivity index (χ4n) is 2.58. The maximum atomic E-state index is 13.8. The van der Waals surface area contributed by atoms with E-state index >= 15 is 0 Å². The Labute approximate surface area is 153 Å². The van der Waals surface area contributed by atoms with E-state index in [4.69, 9.17) is 5.73 Å². The van der Waals surface area contributed by atoms with Gasteiger partial charge in [-0.2, -0.15) is 0 Å². The van der Waals surface area contributed by atoms with Crippen LogP contribution < -0.4 is 5.73 Å². The monoisotopic (exact) mass is 435 g/mol. The molecule has 1 nitrogen and oxygen atoms in total. The molecule has 0 unspecified atom stereocenters. The van der Waals surface area contributed by atoms with Crippen molar-refractivity contribution in [3.8, 4) is 11.1 Å². The normalized spacial score (nSPS) is 10.8. The van der Waals surface area contributed by atoms with E-state index in [1.165, 1.54) is 9.64 Å². The molecule has 122 valence electrons. The first kappa shape index (κ1) is 16.9. The van der Waals surface area contributed by atoms with Crippen LogP contribution in [0.15, 0.2) is 60.7 Å². The molecule has 0 aromatic heterocycles. The number of halogens is 3.